The number of rotatable bonds is 9. The van der Waals surface area contributed by atoms with Crippen molar-refractivity contribution < 1.29 is 23.5 Å². The molecule has 2 atom stereocenters. The molecule has 2 amide bonds. The number of hydrogen-bond acceptors (Lipinski definition) is 7. The predicted octanol–water partition coefficient (Wildman–Crippen LogP) is 3.15. The van der Waals surface area contributed by atoms with E-state index in [9.17, 15) is 14.0 Å². The summed E-state index contributed by atoms with van der Waals surface area (Å²) < 4.78 is 24.4. The number of benzene rings is 2. The molecule has 0 radical (unpaired) electrons. The SMILES string of the molecule is COc1ccc([C@@H](C(=O)NC(C)(C)C)N(C[C@@H]2CCCO2)C(=O)Cn2nnc(-c3ccc(F)cc3)n2)cc1. The van der Waals surface area contributed by atoms with Crippen molar-refractivity contribution in [2.45, 2.75) is 57.8 Å². The molecule has 1 aromatic heterocycles. The van der Waals surface area contributed by atoms with E-state index in [2.05, 4.69) is 20.7 Å². The molecule has 0 bridgehead atoms. The number of tetrazole rings is 1. The molecule has 3 aromatic rings. The molecule has 1 saturated heterocycles. The third-order valence-corrected chi connectivity index (χ3v) is 6.07. The Morgan fingerprint density at radius 2 is 1.89 bits per heavy atom. The monoisotopic (exact) mass is 524 g/mol. The summed E-state index contributed by atoms with van der Waals surface area (Å²) in [5, 5.41) is 15.3. The Labute approximate surface area is 221 Å². The van der Waals surface area contributed by atoms with Crippen LogP contribution in [0.2, 0.25) is 0 Å². The number of hydrogen-bond donors (Lipinski definition) is 1. The van der Waals surface area contributed by atoms with Gasteiger partial charge in [0.15, 0.2) is 0 Å². The van der Waals surface area contributed by atoms with Crippen LogP contribution in [0.1, 0.15) is 45.2 Å². The van der Waals surface area contributed by atoms with Crippen LogP contribution < -0.4 is 10.1 Å². The summed E-state index contributed by atoms with van der Waals surface area (Å²) >= 11 is 0. The molecule has 0 aliphatic carbocycles. The highest BCUT2D eigenvalue weighted by molar-refractivity contribution is 5.89. The molecule has 0 saturated carbocycles. The maximum absolute atomic E-state index is 13.8. The first-order valence-corrected chi connectivity index (χ1v) is 12.5. The van der Waals surface area contributed by atoms with Crippen LogP contribution in [0.25, 0.3) is 11.4 Å². The molecule has 202 valence electrons. The quantitative estimate of drug-likeness (QED) is 0.458. The number of amides is 2. The summed E-state index contributed by atoms with van der Waals surface area (Å²) in [5.74, 6) is -0.151. The number of ether oxygens (including phenoxy) is 2. The smallest absolute Gasteiger partial charge is 0.247 e. The molecule has 11 heteroatoms. The highest BCUT2D eigenvalue weighted by atomic mass is 19.1. The Balaban J connectivity index is 1.64. The molecule has 0 unspecified atom stereocenters. The van der Waals surface area contributed by atoms with Crippen LogP contribution in [0, 0.1) is 5.82 Å². The first-order chi connectivity index (χ1) is 18.1. The zero-order chi connectivity index (χ0) is 27.3. The van der Waals surface area contributed by atoms with E-state index >= 15 is 0 Å². The topological polar surface area (TPSA) is 111 Å². The van der Waals surface area contributed by atoms with Crippen LogP contribution in [0.3, 0.4) is 0 Å². The van der Waals surface area contributed by atoms with Crippen LogP contribution in [-0.4, -0.2) is 68.8 Å². The summed E-state index contributed by atoms with van der Waals surface area (Å²) in [4.78, 5) is 30.1. The lowest BCUT2D eigenvalue weighted by molar-refractivity contribution is -0.144. The van der Waals surface area contributed by atoms with E-state index < -0.39 is 11.6 Å². The van der Waals surface area contributed by atoms with Gasteiger partial charge in [-0.05, 0) is 80.8 Å². The van der Waals surface area contributed by atoms with Crippen molar-refractivity contribution in [2.75, 3.05) is 20.3 Å². The van der Waals surface area contributed by atoms with E-state index in [0.29, 0.717) is 23.5 Å². The molecular formula is C27H33FN6O4. The average Bonchev–Trinajstić information content (AvgIpc) is 3.56. The maximum atomic E-state index is 13.8. The van der Waals surface area contributed by atoms with E-state index in [4.69, 9.17) is 9.47 Å². The molecule has 1 N–H and O–H groups in total. The van der Waals surface area contributed by atoms with Gasteiger partial charge in [-0.15, -0.1) is 10.2 Å². The minimum atomic E-state index is -0.920. The molecule has 0 spiro atoms. The number of carbonyl (C=O) groups excluding carboxylic acids is 2. The molecule has 1 fully saturated rings. The van der Waals surface area contributed by atoms with E-state index in [1.165, 1.54) is 21.8 Å². The van der Waals surface area contributed by atoms with Crippen LogP contribution in [0.4, 0.5) is 4.39 Å². The minimum absolute atomic E-state index is 0.194. The second-order valence-electron chi connectivity index (χ2n) is 10.2. The first kappa shape index (κ1) is 27.2. The molecule has 4 rings (SSSR count). The lowest BCUT2D eigenvalue weighted by Gasteiger charge is -2.35. The molecular weight excluding hydrogens is 491 g/mol. The lowest BCUT2D eigenvalue weighted by Crippen LogP contribution is -2.51. The van der Waals surface area contributed by atoms with E-state index in [1.807, 2.05) is 20.8 Å². The predicted molar refractivity (Wildman–Crippen MR) is 138 cm³/mol. The van der Waals surface area contributed by atoms with Gasteiger partial charge < -0.3 is 19.7 Å². The van der Waals surface area contributed by atoms with Gasteiger partial charge in [0.25, 0.3) is 0 Å². The summed E-state index contributed by atoms with van der Waals surface area (Å²) in [6.07, 6.45) is 1.48. The van der Waals surface area contributed by atoms with Crippen molar-refractivity contribution in [2.24, 2.45) is 0 Å². The Kier molecular flexibility index (Phi) is 8.35. The normalized spacial score (nSPS) is 16.2. The van der Waals surface area contributed by atoms with Crippen LogP contribution in [-0.2, 0) is 20.9 Å². The Bertz CT molecular complexity index is 1230. The van der Waals surface area contributed by atoms with Crippen molar-refractivity contribution in [3.63, 3.8) is 0 Å². The summed E-state index contributed by atoms with van der Waals surface area (Å²) in [6.45, 7) is 6.26. The number of nitrogens with one attached hydrogen (secondary N) is 1. The van der Waals surface area contributed by atoms with Gasteiger partial charge in [0, 0.05) is 24.3 Å². The standard InChI is InChI=1S/C27H33FN6O4/c1-27(2,3)29-26(36)24(18-9-13-21(37-4)14-10-18)33(16-22-6-5-15-38-22)23(35)17-34-31-25(30-32-34)19-7-11-20(28)12-8-19/h7-14,22,24H,5-6,15-17H2,1-4H3,(H,29,36)/t22-,24-/m0/s1. The van der Waals surface area contributed by atoms with Gasteiger partial charge in [0.05, 0.1) is 13.2 Å². The summed E-state index contributed by atoms with van der Waals surface area (Å²) in [5.41, 5.74) is 0.692. The van der Waals surface area contributed by atoms with E-state index in [-0.39, 0.29) is 42.6 Å². The van der Waals surface area contributed by atoms with Crippen LogP contribution in [0.5, 0.6) is 5.75 Å². The highest BCUT2D eigenvalue weighted by Crippen LogP contribution is 2.27. The van der Waals surface area contributed by atoms with Gasteiger partial charge in [-0.2, -0.15) is 4.80 Å². The number of carbonyl (C=O) groups is 2. The Morgan fingerprint density at radius 3 is 2.50 bits per heavy atom. The third kappa shape index (κ3) is 6.91. The Hall–Kier alpha value is -3.86. The van der Waals surface area contributed by atoms with Crippen LogP contribution >= 0.6 is 0 Å². The van der Waals surface area contributed by atoms with Crippen LogP contribution in [0.15, 0.2) is 48.5 Å². The van der Waals surface area contributed by atoms with Gasteiger partial charge in [0.1, 0.15) is 24.2 Å². The molecule has 1 aliphatic heterocycles. The van der Waals surface area contributed by atoms with Gasteiger partial charge in [0.2, 0.25) is 17.6 Å². The fourth-order valence-electron chi connectivity index (χ4n) is 4.29. The fraction of sp³-hybridized carbons (Fsp3) is 0.444. The van der Waals surface area contributed by atoms with Gasteiger partial charge in [-0.1, -0.05) is 12.1 Å². The largest absolute Gasteiger partial charge is 0.497 e. The lowest BCUT2D eigenvalue weighted by atomic mass is 10.0. The molecule has 2 aromatic carbocycles. The van der Waals surface area contributed by atoms with Crippen molar-refractivity contribution in [3.8, 4) is 17.1 Å². The fourth-order valence-corrected chi connectivity index (χ4v) is 4.29. The average molecular weight is 525 g/mol. The molecule has 2 heterocycles. The number of methoxy groups -OCH3 is 1. The molecule has 38 heavy (non-hydrogen) atoms. The van der Waals surface area contributed by atoms with Crippen molar-refractivity contribution in [1.82, 2.24) is 30.4 Å². The first-order valence-electron chi connectivity index (χ1n) is 12.5. The van der Waals surface area contributed by atoms with Gasteiger partial charge >= 0.3 is 0 Å². The zero-order valence-corrected chi connectivity index (χ0v) is 22.1. The Morgan fingerprint density at radius 1 is 1.18 bits per heavy atom. The molecule has 10 nitrogen and oxygen atoms in total. The minimum Gasteiger partial charge on any atom is -0.497 e. The summed E-state index contributed by atoms with van der Waals surface area (Å²) in [6, 6.07) is 11.8. The van der Waals surface area contributed by atoms with Crippen molar-refractivity contribution >= 4 is 11.8 Å². The summed E-state index contributed by atoms with van der Waals surface area (Å²) in [7, 11) is 1.57. The number of halogens is 1. The molecule has 1 aliphatic rings. The number of aromatic nitrogens is 4. The van der Waals surface area contributed by atoms with Gasteiger partial charge in [-0.3, -0.25) is 9.59 Å². The zero-order valence-electron chi connectivity index (χ0n) is 22.1. The van der Waals surface area contributed by atoms with Gasteiger partial charge in [-0.25, -0.2) is 4.39 Å². The van der Waals surface area contributed by atoms with Crippen molar-refractivity contribution in [1.29, 1.82) is 0 Å². The third-order valence-electron chi connectivity index (χ3n) is 6.07. The number of nitrogens with zero attached hydrogens (tertiary/aromatic N) is 5. The second kappa shape index (κ2) is 11.7. The second-order valence-corrected chi connectivity index (χ2v) is 10.2. The maximum Gasteiger partial charge on any atom is 0.247 e. The highest BCUT2D eigenvalue weighted by Gasteiger charge is 2.36. The van der Waals surface area contributed by atoms with E-state index in [1.54, 1.807) is 43.5 Å². The van der Waals surface area contributed by atoms with Crippen molar-refractivity contribution in [3.05, 3.63) is 59.9 Å². The van der Waals surface area contributed by atoms with E-state index in [0.717, 1.165) is 12.8 Å².